The normalized spacial score (nSPS) is 22.9. The number of carbonyl (C=O) groups is 1. The van der Waals surface area contributed by atoms with Crippen LogP contribution in [0.3, 0.4) is 0 Å². The summed E-state index contributed by atoms with van der Waals surface area (Å²) < 4.78 is 29.2. The second kappa shape index (κ2) is 5.75. The summed E-state index contributed by atoms with van der Waals surface area (Å²) in [6, 6.07) is 1.33. The van der Waals surface area contributed by atoms with Crippen LogP contribution in [0.5, 0.6) is 0 Å². The summed E-state index contributed by atoms with van der Waals surface area (Å²) in [7, 11) is 4.70. The average molecular weight is 321 g/mol. The molecule has 1 heterocycles. The van der Waals surface area contributed by atoms with Gasteiger partial charge in [-0.1, -0.05) is 0 Å². The van der Waals surface area contributed by atoms with Crippen LogP contribution < -0.4 is 5.32 Å². The number of carbonyl (C=O) groups excluding carboxylic acids is 1. The summed E-state index contributed by atoms with van der Waals surface area (Å²) in [5, 5.41) is 2.89. The quantitative estimate of drug-likeness (QED) is 0.847. The van der Waals surface area contributed by atoms with Crippen LogP contribution in [0.15, 0.2) is 17.2 Å². The molecule has 1 aromatic rings. The van der Waals surface area contributed by atoms with Gasteiger partial charge in [-0.25, -0.2) is 8.42 Å². The second-order valence-electron chi connectivity index (χ2n) is 4.95. The van der Waals surface area contributed by atoms with Crippen LogP contribution in [0.1, 0.15) is 29.8 Å². The van der Waals surface area contributed by atoms with Crippen LogP contribution >= 0.6 is 10.7 Å². The molecule has 8 heteroatoms. The maximum Gasteiger partial charge on any atom is 0.268 e. The Kier molecular flexibility index (Phi) is 4.41. The molecule has 1 amide bonds. The van der Waals surface area contributed by atoms with Crippen LogP contribution in [0.2, 0.25) is 0 Å². The van der Waals surface area contributed by atoms with Gasteiger partial charge in [0.05, 0.1) is 6.10 Å². The number of rotatable bonds is 4. The van der Waals surface area contributed by atoms with Gasteiger partial charge in [0.15, 0.2) is 0 Å². The molecular formula is C12H17ClN2O4S. The van der Waals surface area contributed by atoms with E-state index in [1.807, 2.05) is 0 Å². The van der Waals surface area contributed by atoms with E-state index in [1.54, 1.807) is 14.2 Å². The molecule has 2 unspecified atom stereocenters. The third kappa shape index (κ3) is 3.34. The van der Waals surface area contributed by atoms with Crippen molar-refractivity contribution in [3.8, 4) is 0 Å². The lowest BCUT2D eigenvalue weighted by Gasteiger charge is -2.13. The van der Waals surface area contributed by atoms with Gasteiger partial charge in [-0.05, 0) is 25.3 Å². The van der Waals surface area contributed by atoms with E-state index in [9.17, 15) is 13.2 Å². The summed E-state index contributed by atoms with van der Waals surface area (Å²) in [6.45, 7) is 0. The van der Waals surface area contributed by atoms with Gasteiger partial charge >= 0.3 is 0 Å². The van der Waals surface area contributed by atoms with Crippen molar-refractivity contribution < 1.29 is 17.9 Å². The van der Waals surface area contributed by atoms with Gasteiger partial charge in [-0.2, -0.15) is 0 Å². The highest BCUT2D eigenvalue weighted by molar-refractivity contribution is 8.13. The Morgan fingerprint density at radius 1 is 1.50 bits per heavy atom. The first-order valence-corrected chi connectivity index (χ1v) is 8.57. The van der Waals surface area contributed by atoms with Crippen molar-refractivity contribution in [3.63, 3.8) is 0 Å². The van der Waals surface area contributed by atoms with Gasteiger partial charge in [0.25, 0.3) is 15.0 Å². The Labute approximate surface area is 122 Å². The Balaban J connectivity index is 2.09. The summed E-state index contributed by atoms with van der Waals surface area (Å²) in [5.41, 5.74) is 0.269. The van der Waals surface area contributed by atoms with E-state index >= 15 is 0 Å². The van der Waals surface area contributed by atoms with E-state index < -0.39 is 9.05 Å². The SMILES string of the molecule is COC1CCC(NC(=O)c2cc(S(=O)(=O)Cl)cn2C)C1. The van der Waals surface area contributed by atoms with Crippen LogP contribution in [-0.2, 0) is 20.8 Å². The lowest BCUT2D eigenvalue weighted by Crippen LogP contribution is -2.34. The second-order valence-corrected chi connectivity index (χ2v) is 7.52. The molecule has 1 N–H and O–H groups in total. The highest BCUT2D eigenvalue weighted by Gasteiger charge is 2.27. The fourth-order valence-electron chi connectivity index (χ4n) is 2.44. The number of ether oxygens (including phenoxy) is 1. The van der Waals surface area contributed by atoms with E-state index in [4.69, 9.17) is 15.4 Å². The van der Waals surface area contributed by atoms with Crippen molar-refractivity contribution in [2.24, 2.45) is 7.05 Å². The molecule has 0 bridgehead atoms. The maximum atomic E-state index is 12.1. The molecule has 2 atom stereocenters. The first-order chi connectivity index (χ1) is 9.31. The molecule has 1 saturated carbocycles. The van der Waals surface area contributed by atoms with Crippen molar-refractivity contribution >= 4 is 25.6 Å². The lowest BCUT2D eigenvalue weighted by atomic mass is 10.2. The lowest BCUT2D eigenvalue weighted by molar-refractivity contribution is 0.0907. The van der Waals surface area contributed by atoms with E-state index in [0.717, 1.165) is 19.3 Å². The highest BCUT2D eigenvalue weighted by Crippen LogP contribution is 2.22. The van der Waals surface area contributed by atoms with Crippen LogP contribution in [-0.4, -0.2) is 38.1 Å². The topological polar surface area (TPSA) is 77.4 Å². The summed E-state index contributed by atoms with van der Waals surface area (Å²) >= 11 is 0. The van der Waals surface area contributed by atoms with Crippen molar-refractivity contribution in [2.75, 3.05) is 7.11 Å². The van der Waals surface area contributed by atoms with Gasteiger partial charge in [0, 0.05) is 37.1 Å². The molecule has 2 rings (SSSR count). The number of aryl methyl sites for hydroxylation is 1. The van der Waals surface area contributed by atoms with Gasteiger partial charge in [-0.15, -0.1) is 0 Å². The molecule has 6 nitrogen and oxygen atoms in total. The molecule has 0 radical (unpaired) electrons. The molecule has 0 spiro atoms. The Bertz CT molecular complexity index is 611. The minimum atomic E-state index is -3.83. The summed E-state index contributed by atoms with van der Waals surface area (Å²) in [6.07, 6.45) is 4.04. The van der Waals surface area contributed by atoms with E-state index in [0.29, 0.717) is 0 Å². The van der Waals surface area contributed by atoms with Crippen LogP contribution in [0.4, 0.5) is 0 Å². The predicted molar refractivity (Wildman–Crippen MR) is 74.4 cm³/mol. The van der Waals surface area contributed by atoms with Crippen molar-refractivity contribution in [3.05, 3.63) is 18.0 Å². The van der Waals surface area contributed by atoms with Crippen LogP contribution in [0.25, 0.3) is 0 Å². The molecule has 1 aromatic heterocycles. The molecule has 20 heavy (non-hydrogen) atoms. The standard InChI is InChI=1S/C12H17ClN2O4S/c1-15-7-10(20(13,17)18)6-11(15)12(16)14-8-3-4-9(5-8)19-2/h6-9H,3-5H2,1-2H3,(H,14,16). The van der Waals surface area contributed by atoms with Gasteiger partial charge in [-0.3, -0.25) is 4.79 Å². The first-order valence-electron chi connectivity index (χ1n) is 6.26. The summed E-state index contributed by atoms with van der Waals surface area (Å²) in [4.78, 5) is 12.1. The number of methoxy groups -OCH3 is 1. The average Bonchev–Trinajstić information content (AvgIpc) is 2.94. The molecule has 1 fully saturated rings. The molecule has 1 aliphatic rings. The Morgan fingerprint density at radius 2 is 2.20 bits per heavy atom. The minimum absolute atomic E-state index is 0.0541. The number of nitrogens with one attached hydrogen (secondary N) is 1. The van der Waals surface area contributed by atoms with Crippen molar-refractivity contribution in [2.45, 2.75) is 36.3 Å². The van der Waals surface area contributed by atoms with Crippen molar-refractivity contribution in [1.29, 1.82) is 0 Å². The Hall–Kier alpha value is -1.05. The molecule has 0 aromatic carbocycles. The monoisotopic (exact) mass is 320 g/mol. The number of hydrogen-bond acceptors (Lipinski definition) is 4. The van der Waals surface area contributed by atoms with Crippen LogP contribution in [0, 0.1) is 0 Å². The number of halogens is 1. The van der Waals surface area contributed by atoms with E-state index in [2.05, 4.69) is 5.32 Å². The molecule has 0 aliphatic heterocycles. The number of aromatic nitrogens is 1. The van der Waals surface area contributed by atoms with E-state index in [-0.39, 0.29) is 28.6 Å². The largest absolute Gasteiger partial charge is 0.381 e. The fourth-order valence-corrected chi connectivity index (χ4v) is 3.23. The zero-order valence-electron chi connectivity index (χ0n) is 11.3. The zero-order valence-corrected chi connectivity index (χ0v) is 12.9. The zero-order chi connectivity index (χ0) is 14.9. The minimum Gasteiger partial charge on any atom is -0.381 e. The number of nitrogens with zero attached hydrogens (tertiary/aromatic N) is 1. The maximum absolute atomic E-state index is 12.1. The number of hydrogen-bond donors (Lipinski definition) is 1. The molecular weight excluding hydrogens is 304 g/mol. The molecule has 1 aliphatic carbocycles. The Morgan fingerprint density at radius 3 is 2.70 bits per heavy atom. The number of amides is 1. The first kappa shape index (κ1) is 15.3. The molecule has 0 saturated heterocycles. The molecule has 112 valence electrons. The summed E-state index contributed by atoms with van der Waals surface area (Å²) in [5.74, 6) is -0.305. The van der Waals surface area contributed by atoms with Gasteiger partial charge in [0.2, 0.25) is 0 Å². The predicted octanol–water partition coefficient (Wildman–Crippen LogP) is 1.25. The smallest absolute Gasteiger partial charge is 0.268 e. The van der Waals surface area contributed by atoms with E-state index in [1.165, 1.54) is 16.8 Å². The van der Waals surface area contributed by atoms with Gasteiger partial charge < -0.3 is 14.6 Å². The fraction of sp³-hybridized carbons (Fsp3) is 0.583. The van der Waals surface area contributed by atoms with Crippen molar-refractivity contribution in [1.82, 2.24) is 9.88 Å². The third-order valence-electron chi connectivity index (χ3n) is 3.55. The third-order valence-corrected chi connectivity index (χ3v) is 4.87. The highest BCUT2D eigenvalue weighted by atomic mass is 35.7. The van der Waals surface area contributed by atoms with Gasteiger partial charge in [0.1, 0.15) is 10.6 Å².